The van der Waals surface area contributed by atoms with Gasteiger partial charge >= 0.3 is 0 Å². The summed E-state index contributed by atoms with van der Waals surface area (Å²) in [6.45, 7) is 7.25. The van der Waals surface area contributed by atoms with Crippen LogP contribution in [0.4, 0.5) is 0 Å². The number of fused-ring (bicyclic) bond motifs is 1. The van der Waals surface area contributed by atoms with Gasteiger partial charge < -0.3 is 10.1 Å². The maximum atomic E-state index is 12.8. The third-order valence-corrected chi connectivity index (χ3v) is 6.52. The maximum absolute atomic E-state index is 12.8. The van der Waals surface area contributed by atoms with Gasteiger partial charge in [0.2, 0.25) is 5.91 Å². The molecule has 8 nitrogen and oxygen atoms in total. The van der Waals surface area contributed by atoms with Crippen molar-refractivity contribution in [2.24, 2.45) is 0 Å². The third-order valence-electron chi connectivity index (χ3n) is 6.17. The number of amides is 1. The largest absolute Gasteiger partial charge is 0.379 e. The van der Waals surface area contributed by atoms with E-state index < -0.39 is 0 Å². The molecule has 1 fully saturated rings. The number of carbonyl (C=O) groups excluding carboxylic acids is 1. The smallest absolute Gasteiger partial charge is 0.220 e. The van der Waals surface area contributed by atoms with Gasteiger partial charge in [-0.2, -0.15) is 10.4 Å². The fraction of sp³-hybridized carbons (Fsp3) is 0.417. The number of ether oxygens (including phenoxy) is 1. The minimum Gasteiger partial charge on any atom is -0.379 e. The third kappa shape index (κ3) is 5.01. The van der Waals surface area contributed by atoms with Gasteiger partial charge in [-0.3, -0.25) is 9.69 Å². The fourth-order valence-electron chi connectivity index (χ4n) is 4.36. The van der Waals surface area contributed by atoms with Crippen molar-refractivity contribution in [1.82, 2.24) is 24.8 Å². The Morgan fingerprint density at radius 2 is 2.06 bits per heavy atom. The number of nitrogens with zero attached hydrogens (tertiary/aromatic N) is 5. The molecule has 1 aliphatic heterocycles. The molecule has 1 aliphatic rings. The lowest BCUT2D eigenvalue weighted by Crippen LogP contribution is -2.44. The quantitative estimate of drug-likeness (QED) is 0.575. The summed E-state index contributed by atoms with van der Waals surface area (Å²) in [5, 5.41) is 17.3. The second kappa shape index (κ2) is 10.3. The van der Waals surface area contributed by atoms with Crippen molar-refractivity contribution in [3.63, 3.8) is 0 Å². The molecule has 0 saturated carbocycles. The van der Waals surface area contributed by atoms with Gasteiger partial charge in [-0.1, -0.05) is 29.8 Å². The van der Waals surface area contributed by atoms with Crippen LogP contribution in [0.1, 0.15) is 40.5 Å². The summed E-state index contributed by atoms with van der Waals surface area (Å²) >= 11 is 6.48. The SMILES string of the molecule is Cc1nc2c(C#N)cnn2c(C)c1CCC(=O)NCC(c1ccccc1Cl)N1CCOCC1. The zero-order chi connectivity index (χ0) is 23.4. The van der Waals surface area contributed by atoms with Gasteiger partial charge in [-0.15, -0.1) is 0 Å². The number of halogens is 1. The first kappa shape index (κ1) is 23.2. The molecule has 3 aromatic rings. The first-order valence-corrected chi connectivity index (χ1v) is 11.4. The van der Waals surface area contributed by atoms with Gasteiger partial charge in [-0.05, 0) is 37.5 Å². The Bertz CT molecular complexity index is 1200. The molecule has 1 atom stereocenters. The Kier molecular flexibility index (Phi) is 7.23. The minimum absolute atomic E-state index is 0.0125. The van der Waals surface area contributed by atoms with Crippen molar-refractivity contribution < 1.29 is 9.53 Å². The highest BCUT2D eigenvalue weighted by atomic mass is 35.5. The number of aryl methyl sites for hydroxylation is 2. The molecule has 0 aliphatic carbocycles. The Hall–Kier alpha value is -2.99. The molecule has 3 heterocycles. The van der Waals surface area contributed by atoms with E-state index in [0.717, 1.165) is 35.6 Å². The topological polar surface area (TPSA) is 95.6 Å². The van der Waals surface area contributed by atoms with Crippen LogP contribution in [-0.4, -0.2) is 58.3 Å². The molecule has 0 spiro atoms. The molecule has 1 aromatic carbocycles. The lowest BCUT2D eigenvalue weighted by molar-refractivity contribution is -0.121. The van der Waals surface area contributed by atoms with Crippen molar-refractivity contribution in [2.75, 3.05) is 32.8 Å². The van der Waals surface area contributed by atoms with Gasteiger partial charge in [0.15, 0.2) is 5.65 Å². The number of aromatic nitrogens is 3. The van der Waals surface area contributed by atoms with E-state index in [4.69, 9.17) is 16.3 Å². The van der Waals surface area contributed by atoms with Crippen LogP contribution in [0.15, 0.2) is 30.5 Å². The molecule has 4 rings (SSSR count). The molecule has 0 radical (unpaired) electrons. The number of rotatable bonds is 7. The summed E-state index contributed by atoms with van der Waals surface area (Å²) in [6, 6.07) is 9.88. The first-order valence-electron chi connectivity index (χ1n) is 11.1. The number of nitrogens with one attached hydrogen (secondary N) is 1. The van der Waals surface area contributed by atoms with Gasteiger partial charge in [-0.25, -0.2) is 9.50 Å². The van der Waals surface area contributed by atoms with Crippen molar-refractivity contribution >= 4 is 23.2 Å². The lowest BCUT2D eigenvalue weighted by atomic mass is 10.0. The monoisotopic (exact) mass is 466 g/mol. The molecule has 1 unspecified atom stereocenters. The van der Waals surface area contributed by atoms with Gasteiger partial charge in [0.25, 0.3) is 0 Å². The normalized spacial score (nSPS) is 15.3. The van der Waals surface area contributed by atoms with Crippen LogP contribution in [0.2, 0.25) is 5.02 Å². The first-order chi connectivity index (χ1) is 16.0. The minimum atomic E-state index is -0.0302. The highest BCUT2D eigenvalue weighted by Crippen LogP contribution is 2.28. The Morgan fingerprint density at radius 3 is 2.79 bits per heavy atom. The summed E-state index contributed by atoms with van der Waals surface area (Å²) in [6.07, 6.45) is 2.40. The molecule has 1 N–H and O–H groups in total. The average molecular weight is 467 g/mol. The zero-order valence-corrected chi connectivity index (χ0v) is 19.6. The van der Waals surface area contributed by atoms with Crippen molar-refractivity contribution in [2.45, 2.75) is 32.7 Å². The molecular weight excluding hydrogens is 440 g/mol. The summed E-state index contributed by atoms with van der Waals surface area (Å²) < 4.78 is 7.17. The van der Waals surface area contributed by atoms with Crippen LogP contribution < -0.4 is 5.32 Å². The van der Waals surface area contributed by atoms with E-state index in [1.165, 1.54) is 6.20 Å². The van der Waals surface area contributed by atoms with Crippen molar-refractivity contribution in [3.05, 3.63) is 63.6 Å². The van der Waals surface area contributed by atoms with Gasteiger partial charge in [0.05, 0.1) is 25.5 Å². The number of benzene rings is 1. The Balaban J connectivity index is 1.44. The highest BCUT2D eigenvalue weighted by molar-refractivity contribution is 6.31. The fourth-order valence-corrected chi connectivity index (χ4v) is 4.62. The number of nitriles is 1. The zero-order valence-electron chi connectivity index (χ0n) is 18.8. The summed E-state index contributed by atoms with van der Waals surface area (Å²) in [5.74, 6) is -0.0302. The van der Waals surface area contributed by atoms with E-state index >= 15 is 0 Å². The van der Waals surface area contributed by atoms with E-state index in [9.17, 15) is 10.1 Å². The molecule has 2 aromatic heterocycles. The van der Waals surface area contributed by atoms with Crippen LogP contribution >= 0.6 is 11.6 Å². The van der Waals surface area contributed by atoms with Crippen molar-refractivity contribution in [1.29, 1.82) is 5.26 Å². The summed E-state index contributed by atoms with van der Waals surface area (Å²) in [5.41, 5.74) is 4.69. The molecule has 9 heteroatoms. The average Bonchev–Trinajstić information content (AvgIpc) is 3.24. The van der Waals surface area contributed by atoms with Crippen LogP contribution in [0.5, 0.6) is 0 Å². The van der Waals surface area contributed by atoms with Crippen LogP contribution in [0.3, 0.4) is 0 Å². The van der Waals surface area contributed by atoms with Crippen molar-refractivity contribution in [3.8, 4) is 6.07 Å². The molecule has 172 valence electrons. The lowest BCUT2D eigenvalue weighted by Gasteiger charge is -2.35. The number of carbonyl (C=O) groups is 1. The second-order valence-electron chi connectivity index (χ2n) is 8.16. The van der Waals surface area contributed by atoms with Crippen LogP contribution in [-0.2, 0) is 16.0 Å². The van der Waals surface area contributed by atoms with E-state index in [1.807, 2.05) is 38.1 Å². The second-order valence-corrected chi connectivity index (χ2v) is 8.56. The van der Waals surface area contributed by atoms with Crippen LogP contribution in [0.25, 0.3) is 5.65 Å². The summed E-state index contributed by atoms with van der Waals surface area (Å²) in [4.78, 5) is 19.6. The van der Waals surface area contributed by atoms with Crippen LogP contribution in [0, 0.1) is 25.2 Å². The molecular formula is C24H27ClN6O2. The Morgan fingerprint density at radius 1 is 1.30 bits per heavy atom. The summed E-state index contributed by atoms with van der Waals surface area (Å²) in [7, 11) is 0. The van der Waals surface area contributed by atoms with Gasteiger partial charge in [0.1, 0.15) is 11.6 Å². The maximum Gasteiger partial charge on any atom is 0.220 e. The highest BCUT2D eigenvalue weighted by Gasteiger charge is 2.25. The predicted octanol–water partition coefficient (Wildman–Crippen LogP) is 2.99. The van der Waals surface area contributed by atoms with E-state index in [2.05, 4.69) is 26.4 Å². The van der Waals surface area contributed by atoms with Gasteiger partial charge in [0, 0.05) is 42.5 Å². The van der Waals surface area contributed by atoms with E-state index in [-0.39, 0.29) is 11.9 Å². The molecule has 1 saturated heterocycles. The standard InChI is InChI=1S/C24H27ClN6O2/c1-16-19(17(2)31-24(29-16)18(13-26)14-28-31)7-8-23(32)27-15-22(30-9-11-33-12-10-30)20-5-3-4-6-21(20)25/h3-6,14,22H,7-12,15H2,1-2H3,(H,27,32). The number of hydrogen-bond acceptors (Lipinski definition) is 6. The number of morpholine rings is 1. The molecule has 33 heavy (non-hydrogen) atoms. The Labute approximate surface area is 198 Å². The number of hydrogen-bond donors (Lipinski definition) is 1. The molecule has 1 amide bonds. The van der Waals surface area contributed by atoms with E-state index in [0.29, 0.717) is 48.8 Å². The van der Waals surface area contributed by atoms with E-state index in [1.54, 1.807) is 4.52 Å². The predicted molar refractivity (Wildman–Crippen MR) is 125 cm³/mol. The molecule has 0 bridgehead atoms.